The largest absolute Gasteiger partial charge is 0.340 e. The molecule has 1 unspecified atom stereocenters. The van der Waals surface area contributed by atoms with Crippen LogP contribution in [0, 0.1) is 0 Å². The molecule has 2 aliphatic rings. The van der Waals surface area contributed by atoms with E-state index >= 15 is 0 Å². The van der Waals surface area contributed by atoms with Crippen LogP contribution in [0.5, 0.6) is 0 Å². The van der Waals surface area contributed by atoms with E-state index in [1.165, 1.54) is 12.8 Å². The van der Waals surface area contributed by atoms with Crippen molar-refractivity contribution in [3.8, 4) is 0 Å². The van der Waals surface area contributed by atoms with Crippen LogP contribution >= 0.6 is 0 Å². The number of piperazine rings is 1. The van der Waals surface area contributed by atoms with Crippen molar-refractivity contribution in [2.75, 3.05) is 32.7 Å². The van der Waals surface area contributed by atoms with Gasteiger partial charge in [0, 0.05) is 44.2 Å². The molecule has 4 nitrogen and oxygen atoms in total. The molecular formula is C15H29N3O. The van der Waals surface area contributed by atoms with Crippen molar-refractivity contribution in [3.05, 3.63) is 0 Å². The average molecular weight is 267 g/mol. The van der Waals surface area contributed by atoms with Crippen LogP contribution in [0.4, 0.5) is 0 Å². The van der Waals surface area contributed by atoms with Gasteiger partial charge in [-0.25, -0.2) is 0 Å². The molecule has 2 heterocycles. The van der Waals surface area contributed by atoms with Gasteiger partial charge in [0.05, 0.1) is 0 Å². The summed E-state index contributed by atoms with van der Waals surface area (Å²) in [4.78, 5) is 16.5. The third kappa shape index (κ3) is 3.48. The zero-order valence-corrected chi connectivity index (χ0v) is 12.7. The molecule has 19 heavy (non-hydrogen) atoms. The number of carbonyl (C=O) groups excluding carboxylic acids is 1. The minimum absolute atomic E-state index is 0.202. The van der Waals surface area contributed by atoms with Crippen LogP contribution in [0.3, 0.4) is 0 Å². The molecular weight excluding hydrogens is 238 g/mol. The highest BCUT2D eigenvalue weighted by Crippen LogP contribution is 2.25. The van der Waals surface area contributed by atoms with E-state index in [-0.39, 0.29) is 5.54 Å². The number of rotatable bonds is 3. The molecule has 2 fully saturated rings. The van der Waals surface area contributed by atoms with E-state index in [0.29, 0.717) is 18.4 Å². The zero-order valence-electron chi connectivity index (χ0n) is 12.7. The van der Waals surface area contributed by atoms with Gasteiger partial charge in [-0.15, -0.1) is 0 Å². The van der Waals surface area contributed by atoms with Crippen LogP contribution < -0.4 is 5.32 Å². The Morgan fingerprint density at radius 3 is 2.53 bits per heavy atom. The second-order valence-electron chi connectivity index (χ2n) is 6.47. The molecule has 0 saturated carbocycles. The SMILES string of the molecule is CCCC(=O)N1CCN(C2CCCNC2(C)C)CC1. The predicted octanol–water partition coefficient (Wildman–Crippen LogP) is 1.46. The smallest absolute Gasteiger partial charge is 0.222 e. The van der Waals surface area contributed by atoms with Gasteiger partial charge in [0.1, 0.15) is 0 Å². The lowest BCUT2D eigenvalue weighted by atomic mass is 9.85. The standard InChI is InChI=1S/C15H29N3O/c1-4-6-14(19)18-11-9-17(10-12-18)13-7-5-8-16-15(13,2)3/h13,16H,4-12H2,1-3H3. The molecule has 1 atom stereocenters. The highest BCUT2D eigenvalue weighted by atomic mass is 16.2. The Bertz CT molecular complexity index is 309. The fourth-order valence-corrected chi connectivity index (χ4v) is 3.48. The number of carbonyl (C=O) groups is 1. The highest BCUT2D eigenvalue weighted by molar-refractivity contribution is 5.76. The van der Waals surface area contributed by atoms with Gasteiger partial charge in [0.15, 0.2) is 0 Å². The average Bonchev–Trinajstić information content (AvgIpc) is 2.39. The molecule has 0 aliphatic carbocycles. The fourth-order valence-electron chi connectivity index (χ4n) is 3.48. The maximum Gasteiger partial charge on any atom is 0.222 e. The zero-order chi connectivity index (χ0) is 13.9. The van der Waals surface area contributed by atoms with E-state index in [1.807, 2.05) is 4.90 Å². The first-order valence-electron chi connectivity index (χ1n) is 7.81. The summed E-state index contributed by atoms with van der Waals surface area (Å²) in [7, 11) is 0. The minimum atomic E-state index is 0.202. The first kappa shape index (κ1) is 14.8. The first-order valence-corrected chi connectivity index (χ1v) is 7.81. The van der Waals surface area contributed by atoms with Crippen LogP contribution in [0.25, 0.3) is 0 Å². The van der Waals surface area contributed by atoms with Crippen molar-refractivity contribution in [1.82, 2.24) is 15.1 Å². The van der Waals surface area contributed by atoms with E-state index < -0.39 is 0 Å². The second kappa shape index (κ2) is 6.23. The summed E-state index contributed by atoms with van der Waals surface area (Å²) in [6.07, 6.45) is 4.21. The summed E-state index contributed by atoms with van der Waals surface area (Å²) in [5.41, 5.74) is 0.202. The number of hydrogen-bond donors (Lipinski definition) is 1. The number of nitrogens with one attached hydrogen (secondary N) is 1. The van der Waals surface area contributed by atoms with Crippen molar-refractivity contribution in [1.29, 1.82) is 0 Å². The number of hydrogen-bond acceptors (Lipinski definition) is 3. The van der Waals surface area contributed by atoms with Crippen molar-refractivity contribution >= 4 is 5.91 Å². The summed E-state index contributed by atoms with van der Waals surface area (Å²) in [6, 6.07) is 0.615. The summed E-state index contributed by atoms with van der Waals surface area (Å²) in [5, 5.41) is 3.64. The van der Waals surface area contributed by atoms with E-state index in [2.05, 4.69) is 31.0 Å². The topological polar surface area (TPSA) is 35.6 Å². The molecule has 1 N–H and O–H groups in total. The first-order chi connectivity index (χ1) is 9.04. The second-order valence-corrected chi connectivity index (χ2v) is 6.47. The molecule has 2 aliphatic heterocycles. The van der Waals surface area contributed by atoms with Gasteiger partial charge in [-0.2, -0.15) is 0 Å². The van der Waals surface area contributed by atoms with Gasteiger partial charge in [-0.3, -0.25) is 9.69 Å². The van der Waals surface area contributed by atoms with Crippen molar-refractivity contribution < 1.29 is 4.79 Å². The molecule has 0 bridgehead atoms. The van der Waals surface area contributed by atoms with Gasteiger partial charge in [0.2, 0.25) is 5.91 Å². The van der Waals surface area contributed by atoms with E-state index in [9.17, 15) is 4.79 Å². The quantitative estimate of drug-likeness (QED) is 0.841. The fraction of sp³-hybridized carbons (Fsp3) is 0.933. The molecule has 1 amide bonds. The van der Waals surface area contributed by atoms with Gasteiger partial charge in [-0.05, 0) is 39.7 Å². The van der Waals surface area contributed by atoms with Gasteiger partial charge in [0.25, 0.3) is 0 Å². The maximum atomic E-state index is 11.9. The Balaban J connectivity index is 1.87. The Morgan fingerprint density at radius 2 is 1.95 bits per heavy atom. The van der Waals surface area contributed by atoms with Crippen LogP contribution in [0.1, 0.15) is 46.5 Å². The number of nitrogens with zero attached hydrogens (tertiary/aromatic N) is 2. The Kier molecular flexibility index (Phi) is 4.85. The molecule has 0 aromatic rings. The summed E-state index contributed by atoms with van der Waals surface area (Å²) < 4.78 is 0. The van der Waals surface area contributed by atoms with Gasteiger partial charge in [-0.1, -0.05) is 6.92 Å². The molecule has 4 heteroatoms. The predicted molar refractivity (Wildman–Crippen MR) is 78.2 cm³/mol. The third-order valence-corrected chi connectivity index (χ3v) is 4.64. The molecule has 0 aromatic heterocycles. The van der Waals surface area contributed by atoms with Gasteiger partial charge >= 0.3 is 0 Å². The lowest BCUT2D eigenvalue weighted by Crippen LogP contribution is -2.63. The van der Waals surface area contributed by atoms with E-state index in [1.54, 1.807) is 0 Å². The molecule has 0 spiro atoms. The maximum absolute atomic E-state index is 11.9. The number of piperidine rings is 1. The van der Waals surface area contributed by atoms with E-state index in [4.69, 9.17) is 0 Å². The van der Waals surface area contributed by atoms with Gasteiger partial charge < -0.3 is 10.2 Å². The Labute approximate surface area is 117 Å². The Morgan fingerprint density at radius 1 is 1.26 bits per heavy atom. The van der Waals surface area contributed by atoms with Crippen molar-refractivity contribution in [2.45, 2.75) is 58.0 Å². The van der Waals surface area contributed by atoms with Crippen LogP contribution in [-0.2, 0) is 4.79 Å². The van der Waals surface area contributed by atoms with Crippen LogP contribution in [-0.4, -0.2) is 60.0 Å². The highest BCUT2D eigenvalue weighted by Gasteiger charge is 2.37. The Hall–Kier alpha value is -0.610. The van der Waals surface area contributed by atoms with Crippen LogP contribution in [0.2, 0.25) is 0 Å². The van der Waals surface area contributed by atoms with Crippen LogP contribution in [0.15, 0.2) is 0 Å². The third-order valence-electron chi connectivity index (χ3n) is 4.64. The van der Waals surface area contributed by atoms with Crippen molar-refractivity contribution in [2.24, 2.45) is 0 Å². The monoisotopic (exact) mass is 267 g/mol. The lowest BCUT2D eigenvalue weighted by Gasteiger charge is -2.48. The molecule has 2 saturated heterocycles. The van der Waals surface area contributed by atoms with Crippen molar-refractivity contribution in [3.63, 3.8) is 0 Å². The summed E-state index contributed by atoms with van der Waals surface area (Å²) in [6.45, 7) is 11.7. The number of amides is 1. The lowest BCUT2D eigenvalue weighted by molar-refractivity contribution is -0.133. The molecule has 0 aromatic carbocycles. The normalized spacial score (nSPS) is 28.4. The molecule has 0 radical (unpaired) electrons. The molecule has 110 valence electrons. The molecule has 2 rings (SSSR count). The van der Waals surface area contributed by atoms with E-state index in [0.717, 1.165) is 39.1 Å². The summed E-state index contributed by atoms with van der Waals surface area (Å²) in [5.74, 6) is 0.336. The minimum Gasteiger partial charge on any atom is -0.340 e. The summed E-state index contributed by atoms with van der Waals surface area (Å²) >= 11 is 0.